The van der Waals surface area contributed by atoms with E-state index < -0.39 is 47.5 Å². The Morgan fingerprint density at radius 3 is 2.14 bits per heavy atom. The van der Waals surface area contributed by atoms with Crippen LogP contribution in [0.2, 0.25) is 0 Å². The van der Waals surface area contributed by atoms with E-state index in [9.17, 15) is 35.5 Å². The summed E-state index contributed by atoms with van der Waals surface area (Å²) in [6.45, 7) is 9.45. The highest BCUT2D eigenvalue weighted by Gasteiger charge is 2.44. The van der Waals surface area contributed by atoms with E-state index in [4.69, 9.17) is 9.47 Å². The van der Waals surface area contributed by atoms with Gasteiger partial charge in [0.25, 0.3) is 0 Å². The molecule has 0 spiro atoms. The number of allylic oxidation sites excluding steroid dienone is 1. The molecule has 42 heavy (non-hydrogen) atoms. The number of rotatable bonds is 6. The molecule has 2 aromatic carbocycles. The van der Waals surface area contributed by atoms with Gasteiger partial charge in [0.2, 0.25) is 0 Å². The smallest absolute Gasteiger partial charge is 0.416 e. The Hall–Kier alpha value is -3.24. The highest BCUT2D eigenvalue weighted by molar-refractivity contribution is 5.77. The van der Waals surface area contributed by atoms with Crippen molar-refractivity contribution in [3.8, 4) is 5.75 Å². The predicted octanol–water partition coefficient (Wildman–Crippen LogP) is 9.54. The minimum atomic E-state index is -5.03. The van der Waals surface area contributed by atoms with Crippen LogP contribution in [0.25, 0.3) is 5.57 Å². The summed E-state index contributed by atoms with van der Waals surface area (Å²) in [6.07, 6.45) is -10.3. The normalized spacial score (nSPS) is 21.3. The number of alkyl halides is 6. The van der Waals surface area contributed by atoms with Crippen molar-refractivity contribution in [3.05, 3.63) is 69.5 Å². The van der Waals surface area contributed by atoms with E-state index in [1.807, 2.05) is 13.8 Å². The Labute approximate surface area is 240 Å². The van der Waals surface area contributed by atoms with Gasteiger partial charge in [-0.1, -0.05) is 27.7 Å². The van der Waals surface area contributed by atoms with Gasteiger partial charge in [-0.15, -0.1) is 0 Å². The summed E-state index contributed by atoms with van der Waals surface area (Å²) in [4.78, 5) is 14.4. The number of halogens is 7. The lowest BCUT2D eigenvalue weighted by molar-refractivity contribution is -0.143. The number of hydrogen-bond acceptors (Lipinski definition) is 3. The lowest BCUT2D eigenvalue weighted by Gasteiger charge is -2.36. The summed E-state index contributed by atoms with van der Waals surface area (Å²) < 4.78 is 107. The largest absolute Gasteiger partial charge is 0.496 e. The molecule has 4 nitrogen and oxygen atoms in total. The number of methoxy groups -OCH3 is 1. The van der Waals surface area contributed by atoms with Crippen LogP contribution in [0.1, 0.15) is 93.7 Å². The van der Waals surface area contributed by atoms with Crippen LogP contribution in [0.5, 0.6) is 5.75 Å². The average Bonchev–Trinajstić information content (AvgIpc) is 3.15. The third-order valence-electron chi connectivity index (χ3n) is 8.13. The molecule has 0 N–H and O–H groups in total. The lowest BCUT2D eigenvalue weighted by Crippen LogP contribution is -2.35. The molecule has 0 unspecified atom stereocenters. The van der Waals surface area contributed by atoms with Crippen LogP contribution in [0.3, 0.4) is 0 Å². The molecule has 0 radical (unpaired) electrons. The second kappa shape index (κ2) is 11.1. The topological polar surface area (TPSA) is 38.8 Å². The summed E-state index contributed by atoms with van der Waals surface area (Å²) >= 11 is 0. The Bertz CT molecular complexity index is 1360. The molecule has 0 aromatic heterocycles. The van der Waals surface area contributed by atoms with Crippen LogP contribution < -0.4 is 4.74 Å². The molecule has 1 aliphatic carbocycles. The fourth-order valence-corrected chi connectivity index (χ4v) is 5.82. The number of cyclic esters (lactones) is 1. The minimum Gasteiger partial charge on any atom is -0.496 e. The molecule has 1 fully saturated rings. The Morgan fingerprint density at radius 2 is 1.62 bits per heavy atom. The number of carbonyl (C=O) groups is 1. The first-order valence-electron chi connectivity index (χ1n) is 13.7. The van der Waals surface area contributed by atoms with Gasteiger partial charge in [0, 0.05) is 18.2 Å². The standard InChI is InChI=1S/C31H34F7NO3/c1-16(2)23-12-24(26(41-6)13-25(23)32)22-7-8-29(4,5)14-19(22)15-39-17(3)27(42-28(39)40)18-9-20(30(33,34)35)11-21(10-18)31(36,37)38/h9-13,16-17,27H,7-8,14-15H2,1-6H3/t17-,27-/m0/s1. The molecule has 0 saturated carbocycles. The van der Waals surface area contributed by atoms with Crippen LogP contribution >= 0.6 is 0 Å². The summed E-state index contributed by atoms with van der Waals surface area (Å²) in [7, 11) is 1.44. The molecule has 2 aromatic rings. The minimum absolute atomic E-state index is 0.0396. The van der Waals surface area contributed by atoms with Gasteiger partial charge >= 0.3 is 18.4 Å². The van der Waals surface area contributed by atoms with Gasteiger partial charge in [-0.2, -0.15) is 26.3 Å². The molecule has 1 saturated heterocycles. The van der Waals surface area contributed by atoms with Crippen LogP contribution in [0.4, 0.5) is 35.5 Å². The van der Waals surface area contributed by atoms with Crippen molar-refractivity contribution in [1.29, 1.82) is 0 Å². The third-order valence-corrected chi connectivity index (χ3v) is 8.13. The Morgan fingerprint density at radius 1 is 1.02 bits per heavy atom. The van der Waals surface area contributed by atoms with Crippen LogP contribution in [0.15, 0.2) is 35.9 Å². The van der Waals surface area contributed by atoms with Crippen molar-refractivity contribution < 1.29 is 45.0 Å². The zero-order chi connectivity index (χ0) is 31.4. The highest BCUT2D eigenvalue weighted by atomic mass is 19.4. The molecular weight excluding hydrogens is 567 g/mol. The highest BCUT2D eigenvalue weighted by Crippen LogP contribution is 2.47. The van der Waals surface area contributed by atoms with Crippen LogP contribution in [0, 0.1) is 11.2 Å². The number of hydrogen-bond donors (Lipinski definition) is 0. The zero-order valence-electron chi connectivity index (χ0n) is 24.3. The first-order valence-corrected chi connectivity index (χ1v) is 13.7. The molecule has 2 atom stereocenters. The van der Waals surface area contributed by atoms with Crippen molar-refractivity contribution >= 4 is 11.7 Å². The summed E-state index contributed by atoms with van der Waals surface area (Å²) in [5.74, 6) is -0.174. The summed E-state index contributed by atoms with van der Waals surface area (Å²) in [6, 6.07) is 3.45. The van der Waals surface area contributed by atoms with Gasteiger partial charge in [-0.25, -0.2) is 9.18 Å². The average molecular weight is 602 g/mol. The van der Waals surface area contributed by atoms with Crippen LogP contribution in [-0.2, 0) is 17.1 Å². The molecule has 2 aliphatic rings. The zero-order valence-corrected chi connectivity index (χ0v) is 24.3. The maximum atomic E-state index is 14.8. The van der Waals surface area contributed by atoms with E-state index >= 15 is 0 Å². The third kappa shape index (κ3) is 6.39. The van der Waals surface area contributed by atoms with E-state index in [0.29, 0.717) is 41.9 Å². The first kappa shape index (κ1) is 31.7. The van der Waals surface area contributed by atoms with Crippen LogP contribution in [-0.4, -0.2) is 30.7 Å². The fraction of sp³-hybridized carbons (Fsp3) is 0.516. The molecule has 230 valence electrons. The molecular formula is C31H34F7NO3. The number of carbonyl (C=O) groups excluding carboxylic acids is 1. The quantitative estimate of drug-likeness (QED) is 0.310. The molecule has 1 amide bonds. The van der Waals surface area contributed by atoms with E-state index in [1.54, 1.807) is 6.07 Å². The number of ether oxygens (including phenoxy) is 2. The monoisotopic (exact) mass is 601 g/mol. The first-order chi connectivity index (χ1) is 19.3. The second-order valence-corrected chi connectivity index (χ2v) is 12.2. The van der Waals surface area contributed by atoms with Gasteiger partial charge in [-0.3, -0.25) is 4.90 Å². The van der Waals surface area contributed by atoms with Gasteiger partial charge in [0.1, 0.15) is 17.7 Å². The lowest BCUT2D eigenvalue weighted by atomic mass is 9.72. The SMILES string of the molecule is COc1cc(F)c(C(C)C)cc1C1=C(CN2C(=O)O[C@H](c3cc(C(F)(F)F)cc(C(F)(F)F)c3)[C@@H]2C)CC(C)(C)CC1. The van der Waals surface area contributed by atoms with E-state index in [-0.39, 0.29) is 29.5 Å². The van der Waals surface area contributed by atoms with E-state index in [1.165, 1.54) is 25.0 Å². The van der Waals surface area contributed by atoms with Crippen molar-refractivity contribution in [2.24, 2.45) is 5.41 Å². The summed E-state index contributed by atoms with van der Waals surface area (Å²) in [5, 5.41) is 0. The second-order valence-electron chi connectivity index (χ2n) is 12.2. The fourth-order valence-electron chi connectivity index (χ4n) is 5.82. The van der Waals surface area contributed by atoms with Gasteiger partial charge in [0.05, 0.1) is 24.3 Å². The molecule has 1 heterocycles. The van der Waals surface area contributed by atoms with Gasteiger partial charge in [-0.05, 0) is 84.1 Å². The Kier molecular flexibility index (Phi) is 8.39. The van der Waals surface area contributed by atoms with Gasteiger partial charge in [0.15, 0.2) is 0 Å². The number of benzene rings is 2. The maximum absolute atomic E-state index is 14.8. The summed E-state index contributed by atoms with van der Waals surface area (Å²) in [5.41, 5.74) is -0.582. The maximum Gasteiger partial charge on any atom is 0.416 e. The molecule has 4 rings (SSSR count). The molecule has 1 aliphatic heterocycles. The van der Waals surface area contributed by atoms with Crippen molar-refractivity contribution in [2.75, 3.05) is 13.7 Å². The van der Waals surface area contributed by atoms with Gasteiger partial charge < -0.3 is 9.47 Å². The van der Waals surface area contributed by atoms with E-state index in [2.05, 4.69) is 13.8 Å². The van der Waals surface area contributed by atoms with E-state index in [0.717, 1.165) is 17.6 Å². The molecule has 0 bridgehead atoms. The number of nitrogens with zero attached hydrogens (tertiary/aromatic N) is 1. The number of amides is 1. The molecule has 11 heteroatoms. The predicted molar refractivity (Wildman–Crippen MR) is 143 cm³/mol. The van der Waals surface area contributed by atoms with Crippen molar-refractivity contribution in [3.63, 3.8) is 0 Å². The van der Waals surface area contributed by atoms with Crippen molar-refractivity contribution in [2.45, 2.75) is 84.3 Å². The Balaban J connectivity index is 1.76. The van der Waals surface area contributed by atoms with Crippen molar-refractivity contribution in [1.82, 2.24) is 4.90 Å².